The maximum absolute atomic E-state index is 8.60. The molecule has 14 heavy (non-hydrogen) atoms. The monoisotopic (exact) mass is 191 g/mol. The van der Waals surface area contributed by atoms with Crippen molar-refractivity contribution >= 4 is 11.5 Å². The Morgan fingerprint density at radius 1 is 1.29 bits per heavy atom. The van der Waals surface area contributed by atoms with Crippen molar-refractivity contribution in [2.45, 2.75) is 12.8 Å². The van der Waals surface area contributed by atoms with Gasteiger partial charge < -0.3 is 10.1 Å². The molecule has 1 aromatic rings. The zero-order chi connectivity index (χ0) is 9.80. The van der Waals surface area contributed by atoms with E-state index in [4.69, 9.17) is 5.21 Å². The van der Waals surface area contributed by atoms with Crippen LogP contribution in [0.25, 0.3) is 0 Å². The first kappa shape index (κ1) is 8.99. The summed E-state index contributed by atoms with van der Waals surface area (Å²) in [6, 6.07) is 5.90. The third kappa shape index (κ3) is 1.84. The highest BCUT2D eigenvalue weighted by molar-refractivity contribution is 5.85. The number of anilines is 1. The van der Waals surface area contributed by atoms with E-state index < -0.39 is 0 Å². The third-order valence-electron chi connectivity index (χ3n) is 2.46. The number of aromatic nitrogens is 1. The normalized spacial score (nSPS) is 16.9. The van der Waals surface area contributed by atoms with Crippen LogP contribution in [0.3, 0.4) is 0 Å². The largest absolute Gasteiger partial charge is 0.411 e. The molecule has 0 aliphatic carbocycles. The fourth-order valence-corrected chi connectivity index (χ4v) is 1.63. The molecule has 0 amide bonds. The molecule has 4 nitrogen and oxygen atoms in total. The van der Waals surface area contributed by atoms with Gasteiger partial charge in [-0.15, -0.1) is 0 Å². The fourth-order valence-electron chi connectivity index (χ4n) is 1.63. The van der Waals surface area contributed by atoms with Gasteiger partial charge in [0, 0.05) is 32.1 Å². The number of pyridine rings is 1. The number of hydrogen-bond donors (Lipinski definition) is 1. The maximum Gasteiger partial charge on any atom is 0.128 e. The molecule has 0 spiro atoms. The first-order chi connectivity index (χ1) is 6.90. The minimum Gasteiger partial charge on any atom is -0.411 e. The van der Waals surface area contributed by atoms with E-state index in [2.05, 4.69) is 15.0 Å². The second-order valence-electron chi connectivity index (χ2n) is 3.34. The van der Waals surface area contributed by atoms with Gasteiger partial charge in [0.2, 0.25) is 0 Å². The van der Waals surface area contributed by atoms with Crippen LogP contribution in [-0.4, -0.2) is 29.0 Å². The Bertz CT molecular complexity index is 313. The lowest BCUT2D eigenvalue weighted by atomic mass is 10.1. The molecule has 2 rings (SSSR count). The second-order valence-corrected chi connectivity index (χ2v) is 3.34. The quantitative estimate of drug-likeness (QED) is 0.540. The first-order valence-corrected chi connectivity index (χ1v) is 4.76. The van der Waals surface area contributed by atoms with Crippen LogP contribution in [0.15, 0.2) is 29.6 Å². The second kappa shape index (κ2) is 4.09. The highest BCUT2D eigenvalue weighted by Gasteiger charge is 2.15. The molecule has 0 saturated carbocycles. The summed E-state index contributed by atoms with van der Waals surface area (Å²) in [5.74, 6) is 1.00. The summed E-state index contributed by atoms with van der Waals surface area (Å²) < 4.78 is 0. The van der Waals surface area contributed by atoms with Crippen molar-refractivity contribution in [3.63, 3.8) is 0 Å². The molecular weight excluding hydrogens is 178 g/mol. The van der Waals surface area contributed by atoms with E-state index in [1.54, 1.807) is 6.20 Å². The van der Waals surface area contributed by atoms with Crippen molar-refractivity contribution in [2.24, 2.45) is 5.16 Å². The highest BCUT2D eigenvalue weighted by atomic mass is 16.4. The van der Waals surface area contributed by atoms with Crippen molar-refractivity contribution in [1.82, 2.24) is 4.98 Å². The maximum atomic E-state index is 8.60. The molecule has 4 heteroatoms. The smallest absolute Gasteiger partial charge is 0.128 e. The summed E-state index contributed by atoms with van der Waals surface area (Å²) in [5, 5.41) is 11.8. The molecule has 1 aliphatic rings. The topological polar surface area (TPSA) is 48.7 Å². The van der Waals surface area contributed by atoms with Crippen LogP contribution in [-0.2, 0) is 0 Å². The van der Waals surface area contributed by atoms with E-state index >= 15 is 0 Å². The van der Waals surface area contributed by atoms with E-state index in [-0.39, 0.29) is 0 Å². The van der Waals surface area contributed by atoms with Gasteiger partial charge in [0.25, 0.3) is 0 Å². The summed E-state index contributed by atoms with van der Waals surface area (Å²) in [6.07, 6.45) is 3.45. The SMILES string of the molecule is ON=C1CCN(c2ccccn2)CC1. The van der Waals surface area contributed by atoms with E-state index in [0.29, 0.717) is 0 Å². The van der Waals surface area contributed by atoms with Crippen molar-refractivity contribution < 1.29 is 5.21 Å². The molecule has 0 radical (unpaired) electrons. The Hall–Kier alpha value is -1.58. The van der Waals surface area contributed by atoms with Gasteiger partial charge in [-0.25, -0.2) is 4.98 Å². The van der Waals surface area contributed by atoms with Crippen LogP contribution in [0.5, 0.6) is 0 Å². The molecule has 1 aliphatic heterocycles. The molecule has 1 aromatic heterocycles. The Kier molecular flexibility index (Phi) is 2.62. The Labute approximate surface area is 82.9 Å². The number of rotatable bonds is 1. The van der Waals surface area contributed by atoms with Crippen molar-refractivity contribution in [3.05, 3.63) is 24.4 Å². The molecule has 1 fully saturated rings. The predicted octanol–water partition coefficient (Wildman–Crippen LogP) is 1.51. The lowest BCUT2D eigenvalue weighted by Gasteiger charge is -2.27. The van der Waals surface area contributed by atoms with Gasteiger partial charge >= 0.3 is 0 Å². The van der Waals surface area contributed by atoms with Gasteiger partial charge in [-0.1, -0.05) is 11.2 Å². The third-order valence-corrected chi connectivity index (χ3v) is 2.46. The lowest BCUT2D eigenvalue weighted by Crippen LogP contribution is -2.34. The summed E-state index contributed by atoms with van der Waals surface area (Å²) in [6.45, 7) is 1.77. The molecule has 2 heterocycles. The number of nitrogens with zero attached hydrogens (tertiary/aromatic N) is 3. The summed E-state index contributed by atoms with van der Waals surface area (Å²) in [7, 11) is 0. The number of piperidine rings is 1. The van der Waals surface area contributed by atoms with E-state index in [1.807, 2.05) is 18.2 Å². The van der Waals surface area contributed by atoms with Crippen molar-refractivity contribution in [3.8, 4) is 0 Å². The Morgan fingerprint density at radius 3 is 2.64 bits per heavy atom. The van der Waals surface area contributed by atoms with Crippen LogP contribution < -0.4 is 4.90 Å². The van der Waals surface area contributed by atoms with Crippen molar-refractivity contribution in [1.29, 1.82) is 0 Å². The average Bonchev–Trinajstić information content (AvgIpc) is 2.30. The number of hydrogen-bond acceptors (Lipinski definition) is 4. The average molecular weight is 191 g/mol. The standard InChI is InChI=1S/C10H13N3O/c14-12-9-4-7-13(8-5-9)10-3-1-2-6-11-10/h1-3,6,14H,4-5,7-8H2. The summed E-state index contributed by atoms with van der Waals surface area (Å²) >= 11 is 0. The molecular formula is C10H13N3O. The molecule has 0 aromatic carbocycles. The van der Waals surface area contributed by atoms with Gasteiger partial charge in [0.05, 0.1) is 5.71 Å². The predicted molar refractivity (Wildman–Crippen MR) is 54.9 cm³/mol. The van der Waals surface area contributed by atoms with Crippen LogP contribution in [0.1, 0.15) is 12.8 Å². The van der Waals surface area contributed by atoms with Crippen LogP contribution in [0.2, 0.25) is 0 Å². The van der Waals surface area contributed by atoms with E-state index in [0.717, 1.165) is 37.5 Å². The van der Waals surface area contributed by atoms with Gasteiger partial charge in [0.1, 0.15) is 5.82 Å². The number of oxime groups is 1. The molecule has 0 bridgehead atoms. The lowest BCUT2D eigenvalue weighted by molar-refractivity contribution is 0.315. The summed E-state index contributed by atoms with van der Waals surface area (Å²) in [5.41, 5.74) is 0.886. The highest BCUT2D eigenvalue weighted by Crippen LogP contribution is 2.15. The zero-order valence-electron chi connectivity index (χ0n) is 7.93. The first-order valence-electron chi connectivity index (χ1n) is 4.76. The minimum atomic E-state index is 0.826. The van der Waals surface area contributed by atoms with Gasteiger partial charge in [-0.2, -0.15) is 0 Å². The van der Waals surface area contributed by atoms with Gasteiger partial charge in [0.15, 0.2) is 0 Å². The molecule has 1 saturated heterocycles. The zero-order valence-corrected chi connectivity index (χ0v) is 7.93. The van der Waals surface area contributed by atoms with Crippen LogP contribution >= 0.6 is 0 Å². The van der Waals surface area contributed by atoms with E-state index in [1.165, 1.54) is 0 Å². The minimum absolute atomic E-state index is 0.826. The van der Waals surface area contributed by atoms with Crippen LogP contribution in [0, 0.1) is 0 Å². The molecule has 1 N–H and O–H groups in total. The molecule has 74 valence electrons. The summed E-state index contributed by atoms with van der Waals surface area (Å²) in [4.78, 5) is 6.48. The van der Waals surface area contributed by atoms with Crippen molar-refractivity contribution in [2.75, 3.05) is 18.0 Å². The van der Waals surface area contributed by atoms with Gasteiger partial charge in [-0.3, -0.25) is 0 Å². The fraction of sp³-hybridized carbons (Fsp3) is 0.400. The Morgan fingerprint density at radius 2 is 2.07 bits per heavy atom. The van der Waals surface area contributed by atoms with Crippen LogP contribution in [0.4, 0.5) is 5.82 Å². The Balaban J connectivity index is 2.03. The van der Waals surface area contributed by atoms with Gasteiger partial charge in [-0.05, 0) is 12.1 Å². The van der Waals surface area contributed by atoms with E-state index in [9.17, 15) is 0 Å². The molecule has 0 atom stereocenters. The molecule has 0 unspecified atom stereocenters.